The Morgan fingerprint density at radius 3 is 2.69 bits per heavy atom. The molecule has 4 aromatic rings. The molecule has 0 aliphatic carbocycles. The number of piperidine rings is 1. The van der Waals surface area contributed by atoms with E-state index in [1.54, 1.807) is 18.6 Å². The molecular formula is C27H27ClN6O2. The van der Waals surface area contributed by atoms with Gasteiger partial charge < -0.3 is 10.1 Å². The van der Waals surface area contributed by atoms with Gasteiger partial charge >= 0.3 is 0 Å². The van der Waals surface area contributed by atoms with Gasteiger partial charge in [0.1, 0.15) is 11.5 Å². The van der Waals surface area contributed by atoms with Crippen molar-refractivity contribution in [1.82, 2.24) is 29.8 Å². The third kappa shape index (κ3) is 4.09. The van der Waals surface area contributed by atoms with E-state index in [0.717, 1.165) is 54.7 Å². The largest absolute Gasteiger partial charge is 0.373 e. The predicted molar refractivity (Wildman–Crippen MR) is 139 cm³/mol. The first-order valence-electron chi connectivity index (χ1n) is 12.2. The summed E-state index contributed by atoms with van der Waals surface area (Å²) in [5.74, 6) is 0.626. The van der Waals surface area contributed by atoms with Crippen molar-refractivity contribution in [3.63, 3.8) is 0 Å². The van der Waals surface area contributed by atoms with Crippen LogP contribution in [0.25, 0.3) is 33.4 Å². The lowest BCUT2D eigenvalue weighted by molar-refractivity contribution is -0.0196. The molecule has 8 nitrogen and oxygen atoms in total. The predicted octanol–water partition coefficient (Wildman–Crippen LogP) is 4.27. The van der Waals surface area contributed by atoms with Crippen LogP contribution < -0.4 is 10.9 Å². The maximum atomic E-state index is 14.1. The second kappa shape index (κ2) is 9.03. The zero-order valence-corrected chi connectivity index (χ0v) is 21.0. The van der Waals surface area contributed by atoms with Crippen LogP contribution in [-0.4, -0.2) is 49.8 Å². The van der Waals surface area contributed by atoms with Gasteiger partial charge in [-0.05, 0) is 58.3 Å². The number of rotatable bonds is 3. The Bertz CT molecular complexity index is 1530. The number of hydrogen-bond acceptors (Lipinski definition) is 7. The summed E-state index contributed by atoms with van der Waals surface area (Å²) in [5, 5.41) is 4.68. The van der Waals surface area contributed by atoms with Crippen molar-refractivity contribution >= 4 is 22.6 Å². The summed E-state index contributed by atoms with van der Waals surface area (Å²) >= 11 is 6.77. The molecule has 36 heavy (non-hydrogen) atoms. The summed E-state index contributed by atoms with van der Waals surface area (Å²) in [6, 6.07) is 7.38. The fourth-order valence-corrected chi connectivity index (χ4v) is 5.73. The van der Waals surface area contributed by atoms with E-state index in [4.69, 9.17) is 16.3 Å². The molecule has 1 unspecified atom stereocenters. The van der Waals surface area contributed by atoms with Crippen molar-refractivity contribution in [3.05, 3.63) is 69.8 Å². The van der Waals surface area contributed by atoms with E-state index in [1.807, 2.05) is 42.7 Å². The van der Waals surface area contributed by atoms with Gasteiger partial charge in [-0.15, -0.1) is 0 Å². The molecule has 184 valence electrons. The second-order valence-corrected chi connectivity index (χ2v) is 10.2. The van der Waals surface area contributed by atoms with Gasteiger partial charge in [0.25, 0.3) is 5.56 Å². The highest BCUT2D eigenvalue weighted by molar-refractivity contribution is 6.33. The summed E-state index contributed by atoms with van der Waals surface area (Å²) < 4.78 is 8.16. The van der Waals surface area contributed by atoms with Crippen LogP contribution in [0.4, 0.5) is 0 Å². The van der Waals surface area contributed by atoms with Crippen LogP contribution in [0.15, 0.2) is 47.7 Å². The van der Waals surface area contributed by atoms with Crippen LogP contribution in [0.2, 0.25) is 5.02 Å². The highest BCUT2D eigenvalue weighted by Crippen LogP contribution is 2.40. The summed E-state index contributed by atoms with van der Waals surface area (Å²) in [4.78, 5) is 31.9. The number of hydrogen-bond donors (Lipinski definition) is 1. The Kier molecular flexibility index (Phi) is 5.82. The molecule has 2 saturated heterocycles. The van der Waals surface area contributed by atoms with Crippen molar-refractivity contribution in [2.24, 2.45) is 0 Å². The zero-order chi connectivity index (χ0) is 24.9. The van der Waals surface area contributed by atoms with Gasteiger partial charge in [0.05, 0.1) is 35.8 Å². The smallest absolute Gasteiger partial charge is 0.260 e. The summed E-state index contributed by atoms with van der Waals surface area (Å²) in [6.45, 7) is 6.08. The average molecular weight is 503 g/mol. The number of halogens is 1. The van der Waals surface area contributed by atoms with Gasteiger partial charge in [-0.1, -0.05) is 23.7 Å². The number of pyridine rings is 1. The second-order valence-electron chi connectivity index (χ2n) is 9.77. The fourth-order valence-electron chi connectivity index (χ4n) is 5.45. The van der Waals surface area contributed by atoms with Crippen molar-refractivity contribution in [3.8, 4) is 22.4 Å². The van der Waals surface area contributed by atoms with Crippen LogP contribution in [0.5, 0.6) is 0 Å². The van der Waals surface area contributed by atoms with E-state index in [-0.39, 0.29) is 17.2 Å². The van der Waals surface area contributed by atoms with Crippen molar-refractivity contribution in [2.75, 3.05) is 19.7 Å². The summed E-state index contributed by atoms with van der Waals surface area (Å²) in [7, 11) is 0. The van der Waals surface area contributed by atoms with Gasteiger partial charge in [0, 0.05) is 39.5 Å². The first-order chi connectivity index (χ1) is 17.4. The maximum Gasteiger partial charge on any atom is 0.260 e. The Morgan fingerprint density at radius 1 is 1.08 bits per heavy atom. The molecule has 0 amide bonds. The first kappa shape index (κ1) is 23.2. The monoisotopic (exact) mass is 502 g/mol. The number of aromatic nitrogens is 5. The van der Waals surface area contributed by atoms with E-state index >= 15 is 0 Å². The minimum absolute atomic E-state index is 0.104. The molecule has 2 aliphatic rings. The third-order valence-electron chi connectivity index (χ3n) is 7.27. The van der Waals surface area contributed by atoms with Crippen LogP contribution in [0.1, 0.15) is 36.8 Å². The quantitative estimate of drug-likeness (QED) is 0.447. The lowest BCUT2D eigenvalue weighted by Gasteiger charge is -2.33. The minimum atomic E-state index is -0.187. The molecule has 2 aliphatic heterocycles. The van der Waals surface area contributed by atoms with Gasteiger partial charge in [-0.3, -0.25) is 14.3 Å². The van der Waals surface area contributed by atoms with E-state index in [0.29, 0.717) is 34.2 Å². The van der Waals surface area contributed by atoms with Gasteiger partial charge in [-0.25, -0.2) is 15.0 Å². The maximum absolute atomic E-state index is 14.1. The number of benzene rings is 1. The molecule has 2 fully saturated rings. The number of nitrogens with one attached hydrogen (secondary N) is 1. The molecule has 6 rings (SSSR count). The minimum Gasteiger partial charge on any atom is -0.373 e. The van der Waals surface area contributed by atoms with Crippen molar-refractivity contribution in [2.45, 2.75) is 44.8 Å². The Labute approximate surface area is 213 Å². The molecule has 0 bridgehead atoms. The molecule has 1 spiro atoms. The first-order valence-corrected chi connectivity index (χ1v) is 12.6. The SMILES string of the molecule is Cc1cncc(-c2ccc(-c3cc4cnc(C)nc4n(C4COC5(CCNCC5)C4)c3=O)c(Cl)c2)n1. The molecular weight excluding hydrogens is 476 g/mol. The van der Waals surface area contributed by atoms with Crippen LogP contribution in [-0.2, 0) is 4.74 Å². The van der Waals surface area contributed by atoms with Crippen molar-refractivity contribution in [1.29, 1.82) is 0 Å². The lowest BCUT2D eigenvalue weighted by atomic mass is 9.88. The molecule has 5 heterocycles. The molecule has 0 radical (unpaired) electrons. The topological polar surface area (TPSA) is 94.8 Å². The normalized spacial score (nSPS) is 19.2. The standard InChI is InChI=1S/C27H27ClN6O2/c1-16-12-30-14-24(32-16)18-3-4-21(23(28)10-18)22-9-19-13-31-17(2)33-25(19)34(26(22)35)20-11-27(36-15-20)5-7-29-8-6-27/h3-4,9-10,12-14,20,29H,5-8,11,15H2,1-2H3. The zero-order valence-electron chi connectivity index (χ0n) is 20.3. The van der Waals surface area contributed by atoms with Crippen LogP contribution >= 0.6 is 11.6 Å². The molecule has 1 N–H and O–H groups in total. The van der Waals surface area contributed by atoms with Gasteiger partial charge in [0.2, 0.25) is 0 Å². The van der Waals surface area contributed by atoms with E-state index in [1.165, 1.54) is 0 Å². The number of nitrogens with zero attached hydrogens (tertiary/aromatic N) is 5. The Balaban J connectivity index is 1.47. The number of fused-ring (bicyclic) bond motifs is 1. The van der Waals surface area contributed by atoms with E-state index in [9.17, 15) is 4.79 Å². The number of ether oxygens (including phenoxy) is 1. The van der Waals surface area contributed by atoms with Gasteiger partial charge in [-0.2, -0.15) is 0 Å². The summed E-state index contributed by atoms with van der Waals surface area (Å²) in [6.07, 6.45) is 7.87. The van der Waals surface area contributed by atoms with Crippen LogP contribution in [0.3, 0.4) is 0 Å². The highest BCUT2D eigenvalue weighted by atomic mass is 35.5. The highest BCUT2D eigenvalue weighted by Gasteiger charge is 2.42. The molecule has 1 aromatic carbocycles. The lowest BCUT2D eigenvalue weighted by Crippen LogP contribution is -2.41. The molecule has 9 heteroatoms. The Morgan fingerprint density at radius 2 is 1.92 bits per heavy atom. The molecule has 1 atom stereocenters. The Hall–Kier alpha value is -3.20. The fraction of sp³-hybridized carbons (Fsp3) is 0.370. The average Bonchev–Trinajstić information content (AvgIpc) is 3.26. The molecule has 0 saturated carbocycles. The van der Waals surface area contributed by atoms with Gasteiger partial charge in [0.15, 0.2) is 0 Å². The number of aryl methyl sites for hydroxylation is 2. The third-order valence-corrected chi connectivity index (χ3v) is 7.59. The van der Waals surface area contributed by atoms with E-state index in [2.05, 4.69) is 25.3 Å². The van der Waals surface area contributed by atoms with E-state index < -0.39 is 0 Å². The van der Waals surface area contributed by atoms with Crippen molar-refractivity contribution < 1.29 is 4.74 Å². The van der Waals surface area contributed by atoms with Crippen LogP contribution in [0, 0.1) is 13.8 Å². The summed E-state index contributed by atoms with van der Waals surface area (Å²) in [5.41, 5.74) is 3.92. The molecule has 3 aromatic heterocycles.